The van der Waals surface area contributed by atoms with E-state index in [-0.39, 0.29) is 12.8 Å². The molecule has 0 aromatic heterocycles. The van der Waals surface area contributed by atoms with Crippen molar-refractivity contribution in [2.24, 2.45) is 0 Å². The van der Waals surface area contributed by atoms with Crippen LogP contribution in [0.3, 0.4) is 0 Å². The lowest BCUT2D eigenvalue weighted by atomic mass is 10.1. The van der Waals surface area contributed by atoms with Gasteiger partial charge in [0, 0.05) is 24.6 Å². The van der Waals surface area contributed by atoms with E-state index in [1.54, 1.807) is 0 Å². The largest absolute Gasteiger partial charge is 0.456 e. The molecule has 0 rings (SSSR count). The fourth-order valence-corrected chi connectivity index (χ4v) is 6.51. The molecule has 0 bridgehead atoms. The molecule has 8 heteroatoms. The third-order valence-corrected chi connectivity index (χ3v) is 10.3. The average Bonchev–Trinajstić information content (AvgIpc) is 3.01. The van der Waals surface area contributed by atoms with E-state index in [0.717, 1.165) is 51.4 Å². The molecule has 0 spiro atoms. The zero-order valence-corrected chi connectivity index (χ0v) is 30.8. The van der Waals surface area contributed by atoms with E-state index in [1.807, 2.05) is 0 Å². The van der Waals surface area contributed by atoms with E-state index in [4.69, 9.17) is 32.7 Å². The molecule has 0 saturated heterocycles. The Labute approximate surface area is 282 Å². The Morgan fingerprint density at radius 1 is 0.500 bits per heavy atom. The van der Waals surface area contributed by atoms with Crippen LogP contribution in [0.25, 0.3) is 0 Å². The minimum atomic E-state index is -3.61. The van der Waals surface area contributed by atoms with Gasteiger partial charge >= 0.3 is 18.7 Å². The van der Waals surface area contributed by atoms with E-state index in [9.17, 15) is 9.59 Å². The number of hydrogen-bond donors (Lipinski definition) is 0. The highest BCUT2D eigenvalue weighted by Gasteiger charge is 2.29. The number of hydrogen-bond acceptors (Lipinski definition) is 6. The van der Waals surface area contributed by atoms with Gasteiger partial charge in [0.1, 0.15) is 0 Å². The Kier molecular flexibility index (Phi) is 33.2. The lowest BCUT2D eigenvalue weighted by Crippen LogP contribution is -2.09. The normalized spacial score (nSPS) is 13.1. The molecule has 0 heterocycles. The predicted molar refractivity (Wildman–Crippen MR) is 192 cm³/mol. The summed E-state index contributed by atoms with van der Waals surface area (Å²) in [6.45, 7) is 0.899. The maximum atomic E-state index is 12.2. The average molecular weight is 677 g/mol. The molecule has 0 unspecified atom stereocenters. The van der Waals surface area contributed by atoms with Crippen LogP contribution in [0.1, 0.15) is 194 Å². The second-order valence-corrected chi connectivity index (χ2v) is 15.3. The lowest BCUT2D eigenvalue weighted by Gasteiger charge is -2.17. The first-order valence-corrected chi connectivity index (χ1v) is 21.0. The summed E-state index contributed by atoms with van der Waals surface area (Å²) < 4.78 is 15.0. The summed E-state index contributed by atoms with van der Waals surface area (Å²) >= 11 is 10.6. The molecule has 0 radical (unpaired) electrons. The van der Waals surface area contributed by atoms with Gasteiger partial charge in [-0.1, -0.05) is 141 Å². The third kappa shape index (κ3) is 31.3. The summed E-state index contributed by atoms with van der Waals surface area (Å²) in [5, 5.41) is 0. The van der Waals surface area contributed by atoms with Gasteiger partial charge in [-0.3, -0.25) is 9.59 Å². The van der Waals surface area contributed by atoms with Gasteiger partial charge in [-0.05, 0) is 64.2 Å². The first-order chi connectivity index (χ1) is 21.5. The van der Waals surface area contributed by atoms with E-state index in [2.05, 4.69) is 42.2 Å². The first-order valence-electron chi connectivity index (χ1n) is 18.1. The first kappa shape index (κ1) is 43.3. The molecule has 0 amide bonds. The van der Waals surface area contributed by atoms with Crippen molar-refractivity contribution < 1.29 is 22.7 Å². The van der Waals surface area contributed by atoms with Crippen LogP contribution in [0.5, 0.6) is 0 Å². The maximum Gasteiger partial charge on any atom is 0.456 e. The smallest absolute Gasteiger partial charge is 0.382 e. The fourth-order valence-electron chi connectivity index (χ4n) is 5.07. The van der Waals surface area contributed by atoms with Gasteiger partial charge in [-0.2, -0.15) is 4.08 Å². The van der Waals surface area contributed by atoms with Crippen molar-refractivity contribution in [3.63, 3.8) is 0 Å². The van der Waals surface area contributed by atoms with E-state index < -0.39 is 18.7 Å². The summed E-state index contributed by atoms with van der Waals surface area (Å²) in [4.78, 5) is 24.5. The van der Waals surface area contributed by atoms with Crippen molar-refractivity contribution in [3.05, 3.63) is 24.3 Å². The maximum absolute atomic E-state index is 12.2. The standard InChI is InChI=1S/C36H66ClO5PS/c1-3-5-7-9-11-13-15-17-19-21-23-25-27-29-31-33-35(38)40-43(44,42-37)41-36(39)34-32-30-28-26-24-22-20-18-16-14-12-10-8-6-4-2/h17-20H,3-16,21-34H2,1-2H3. The Hall–Kier alpha value is -0.680. The second kappa shape index (κ2) is 33.7. The van der Waals surface area contributed by atoms with Crippen LogP contribution < -0.4 is 0 Å². The van der Waals surface area contributed by atoms with Crippen molar-refractivity contribution in [3.8, 4) is 0 Å². The topological polar surface area (TPSA) is 61.8 Å². The Morgan fingerprint density at radius 2 is 0.773 bits per heavy atom. The van der Waals surface area contributed by atoms with Crippen LogP contribution in [-0.2, 0) is 34.5 Å². The van der Waals surface area contributed by atoms with Gasteiger partial charge in [0.2, 0.25) is 0 Å². The highest BCUT2D eigenvalue weighted by molar-refractivity contribution is 8.08. The molecule has 0 saturated carbocycles. The van der Waals surface area contributed by atoms with Crippen molar-refractivity contribution in [2.75, 3.05) is 0 Å². The summed E-state index contributed by atoms with van der Waals surface area (Å²) in [6.07, 6.45) is 40.5. The minimum Gasteiger partial charge on any atom is -0.382 e. The van der Waals surface area contributed by atoms with Crippen LogP contribution in [-0.4, -0.2) is 11.9 Å². The molecular formula is C36H66ClO5PS. The Morgan fingerprint density at radius 3 is 1.07 bits per heavy atom. The minimum absolute atomic E-state index is 0.211. The van der Waals surface area contributed by atoms with Gasteiger partial charge in [-0.25, -0.2) is 0 Å². The van der Waals surface area contributed by atoms with Crippen LogP contribution >= 0.6 is 18.6 Å². The van der Waals surface area contributed by atoms with Crippen molar-refractivity contribution >= 4 is 42.3 Å². The zero-order chi connectivity index (χ0) is 32.4. The number of carbonyl (C=O) groups is 2. The number of halogens is 1. The quantitative estimate of drug-likeness (QED) is 0.0391. The fraction of sp³-hybridized carbons (Fsp3) is 0.833. The number of carbonyl (C=O) groups excluding carboxylic acids is 2. The van der Waals surface area contributed by atoms with Crippen LogP contribution in [0.2, 0.25) is 0 Å². The van der Waals surface area contributed by atoms with Crippen LogP contribution in [0.15, 0.2) is 24.3 Å². The van der Waals surface area contributed by atoms with Crippen molar-refractivity contribution in [2.45, 2.75) is 194 Å². The second-order valence-electron chi connectivity index (χ2n) is 12.1. The van der Waals surface area contributed by atoms with E-state index in [0.29, 0.717) is 12.8 Å². The van der Waals surface area contributed by atoms with Gasteiger partial charge in [0.25, 0.3) is 0 Å². The molecule has 5 nitrogen and oxygen atoms in total. The van der Waals surface area contributed by atoms with Gasteiger partial charge in [0.05, 0.1) is 11.9 Å². The Bertz CT molecular complexity index is 716. The van der Waals surface area contributed by atoms with Gasteiger partial charge < -0.3 is 9.05 Å². The molecule has 0 aromatic carbocycles. The molecule has 44 heavy (non-hydrogen) atoms. The lowest BCUT2D eigenvalue weighted by molar-refractivity contribution is -0.138. The molecule has 0 aliphatic rings. The molecule has 258 valence electrons. The summed E-state index contributed by atoms with van der Waals surface area (Å²) in [5.41, 5.74) is 0. The number of rotatable bonds is 33. The number of unbranched alkanes of at least 4 members (excludes halogenated alkanes) is 22. The zero-order valence-electron chi connectivity index (χ0n) is 28.4. The Balaban J connectivity index is 3.74. The van der Waals surface area contributed by atoms with E-state index in [1.165, 1.54) is 103 Å². The molecule has 0 atom stereocenters. The molecule has 0 aliphatic heterocycles. The molecule has 0 N–H and O–H groups in total. The van der Waals surface area contributed by atoms with Crippen LogP contribution in [0, 0.1) is 0 Å². The van der Waals surface area contributed by atoms with E-state index >= 15 is 0 Å². The highest BCUT2D eigenvalue weighted by Crippen LogP contribution is 2.52. The predicted octanol–water partition coefficient (Wildman–Crippen LogP) is 13.5. The number of allylic oxidation sites excluding steroid dienone is 4. The monoisotopic (exact) mass is 676 g/mol. The summed E-state index contributed by atoms with van der Waals surface area (Å²) in [5.74, 6) is -1.05. The van der Waals surface area contributed by atoms with Crippen LogP contribution in [0.4, 0.5) is 0 Å². The highest BCUT2D eigenvalue weighted by atomic mass is 35.5. The van der Waals surface area contributed by atoms with Gasteiger partial charge in [0.15, 0.2) is 0 Å². The molecular weight excluding hydrogens is 611 g/mol. The molecule has 0 aromatic rings. The van der Waals surface area contributed by atoms with Gasteiger partial charge in [-0.15, -0.1) is 0 Å². The summed E-state index contributed by atoms with van der Waals surface area (Å²) in [6, 6.07) is 0. The van der Waals surface area contributed by atoms with Crippen molar-refractivity contribution in [1.29, 1.82) is 0 Å². The summed E-state index contributed by atoms with van der Waals surface area (Å²) in [7, 11) is 0. The molecule has 0 fully saturated rings. The molecule has 0 aliphatic carbocycles. The van der Waals surface area contributed by atoms with Crippen molar-refractivity contribution in [1.82, 2.24) is 0 Å². The third-order valence-electron chi connectivity index (χ3n) is 7.80. The SMILES string of the molecule is CCCCCCCCC=CCCCCCCCC(=O)OP(=S)(OCl)OC(=O)CCCCCCCC=CCCCCCCCC.